The number of cyclic esters (lactones) is 1. The summed E-state index contributed by atoms with van der Waals surface area (Å²) in [6.07, 6.45) is 0.842. The van der Waals surface area contributed by atoms with Crippen LogP contribution in [-0.4, -0.2) is 52.1 Å². The minimum Gasteiger partial charge on any atom is -0.453 e. The van der Waals surface area contributed by atoms with Crippen LogP contribution < -0.4 is 15.1 Å². The van der Waals surface area contributed by atoms with Crippen LogP contribution >= 0.6 is 0 Å². The summed E-state index contributed by atoms with van der Waals surface area (Å²) in [5, 5.41) is 2.55. The van der Waals surface area contributed by atoms with E-state index in [-0.39, 0.29) is 18.7 Å². The predicted octanol–water partition coefficient (Wildman–Crippen LogP) is 1.75. The summed E-state index contributed by atoms with van der Waals surface area (Å²) >= 11 is 0. The Hall–Kier alpha value is -2.44. The molecule has 1 N–H and O–H groups in total. The third-order valence-electron chi connectivity index (χ3n) is 4.26. The third-order valence-corrected chi connectivity index (χ3v) is 4.26. The molecule has 0 aromatic heterocycles. The zero-order chi connectivity index (χ0) is 16.4. The maximum atomic E-state index is 12.1. The molecule has 0 spiro atoms. The molecule has 1 atom stereocenters. The first kappa shape index (κ1) is 15.5. The van der Waals surface area contributed by atoms with Crippen molar-refractivity contribution in [2.45, 2.75) is 18.9 Å². The molecule has 1 aromatic rings. The van der Waals surface area contributed by atoms with Gasteiger partial charge in [0.15, 0.2) is 0 Å². The van der Waals surface area contributed by atoms with E-state index in [9.17, 15) is 9.59 Å². The summed E-state index contributed by atoms with van der Waals surface area (Å²) in [5.41, 5.74) is 3.31. The van der Waals surface area contributed by atoms with Crippen LogP contribution in [0, 0.1) is 0 Å². The van der Waals surface area contributed by atoms with Crippen molar-refractivity contribution in [2.75, 3.05) is 43.6 Å². The molecule has 1 unspecified atom stereocenters. The molecular formula is C16H21N3O4. The van der Waals surface area contributed by atoms with Gasteiger partial charge in [-0.05, 0) is 36.6 Å². The number of amides is 2. The number of ether oxygens (including phenoxy) is 2. The lowest BCUT2D eigenvalue weighted by Gasteiger charge is -2.28. The second kappa shape index (κ2) is 6.36. The van der Waals surface area contributed by atoms with Crippen LogP contribution in [0.3, 0.4) is 0 Å². The lowest BCUT2D eigenvalue weighted by atomic mass is 10.0. The van der Waals surface area contributed by atoms with Gasteiger partial charge in [-0.25, -0.2) is 9.59 Å². The topological polar surface area (TPSA) is 71.1 Å². The molecule has 3 rings (SSSR count). The van der Waals surface area contributed by atoms with Crippen LogP contribution in [0.5, 0.6) is 0 Å². The van der Waals surface area contributed by atoms with Crippen molar-refractivity contribution in [1.82, 2.24) is 5.32 Å². The average Bonchev–Trinajstić information content (AvgIpc) is 2.93. The molecule has 7 heteroatoms. The maximum Gasteiger partial charge on any atom is 0.414 e. The van der Waals surface area contributed by atoms with Crippen molar-refractivity contribution in [3.63, 3.8) is 0 Å². The highest BCUT2D eigenvalue weighted by Gasteiger charge is 2.33. The number of alkyl carbamates (subject to hydrolysis) is 1. The number of benzene rings is 1. The lowest BCUT2D eigenvalue weighted by Crippen LogP contribution is -2.34. The van der Waals surface area contributed by atoms with Crippen molar-refractivity contribution in [3.05, 3.63) is 23.8 Å². The van der Waals surface area contributed by atoms with E-state index in [0.29, 0.717) is 6.54 Å². The molecule has 0 aliphatic carbocycles. The highest BCUT2D eigenvalue weighted by Crippen LogP contribution is 2.31. The molecule has 2 amide bonds. The van der Waals surface area contributed by atoms with Crippen LogP contribution in [0.1, 0.15) is 12.0 Å². The van der Waals surface area contributed by atoms with Gasteiger partial charge in [0, 0.05) is 25.0 Å². The predicted molar refractivity (Wildman–Crippen MR) is 86.1 cm³/mol. The highest BCUT2D eigenvalue weighted by molar-refractivity contribution is 5.90. The molecule has 2 aliphatic heterocycles. The fraction of sp³-hybridized carbons (Fsp3) is 0.500. The van der Waals surface area contributed by atoms with Crippen molar-refractivity contribution in [3.8, 4) is 0 Å². The molecule has 1 saturated heterocycles. The van der Waals surface area contributed by atoms with E-state index in [2.05, 4.69) is 34.1 Å². The summed E-state index contributed by atoms with van der Waals surface area (Å²) in [6, 6.07) is 6.05. The second-order valence-electron chi connectivity index (χ2n) is 5.83. The number of methoxy groups -OCH3 is 1. The molecule has 1 fully saturated rings. The van der Waals surface area contributed by atoms with Crippen molar-refractivity contribution in [1.29, 1.82) is 0 Å². The Kier molecular flexibility index (Phi) is 4.27. The Labute approximate surface area is 135 Å². The van der Waals surface area contributed by atoms with Crippen LogP contribution in [0.4, 0.5) is 21.0 Å². The summed E-state index contributed by atoms with van der Waals surface area (Å²) in [7, 11) is 3.38. The first-order valence-corrected chi connectivity index (χ1v) is 7.72. The summed E-state index contributed by atoms with van der Waals surface area (Å²) in [5.74, 6) is 0. The highest BCUT2D eigenvalue weighted by atomic mass is 16.6. The van der Waals surface area contributed by atoms with Gasteiger partial charge in [0.1, 0.15) is 6.10 Å². The Balaban J connectivity index is 1.70. The van der Waals surface area contributed by atoms with Crippen molar-refractivity contribution < 1.29 is 19.1 Å². The zero-order valence-electron chi connectivity index (χ0n) is 13.4. The number of fused-ring (bicyclic) bond motifs is 1. The number of aryl methyl sites for hydroxylation is 1. The molecule has 2 heterocycles. The minimum absolute atomic E-state index is 0.239. The molecule has 0 bridgehead atoms. The fourth-order valence-electron chi connectivity index (χ4n) is 3.05. The number of rotatable bonds is 3. The van der Waals surface area contributed by atoms with Gasteiger partial charge in [0.05, 0.1) is 20.2 Å². The summed E-state index contributed by atoms with van der Waals surface area (Å²) in [6.45, 7) is 1.71. The second-order valence-corrected chi connectivity index (χ2v) is 5.83. The summed E-state index contributed by atoms with van der Waals surface area (Å²) < 4.78 is 9.81. The number of carbonyl (C=O) groups is 2. The van der Waals surface area contributed by atoms with E-state index in [1.54, 1.807) is 4.90 Å². The number of hydrogen-bond acceptors (Lipinski definition) is 5. The van der Waals surface area contributed by atoms with Crippen molar-refractivity contribution >= 4 is 23.6 Å². The molecule has 0 saturated carbocycles. The maximum absolute atomic E-state index is 12.1. The Morgan fingerprint density at radius 3 is 3.09 bits per heavy atom. The smallest absolute Gasteiger partial charge is 0.414 e. The molecule has 23 heavy (non-hydrogen) atoms. The summed E-state index contributed by atoms with van der Waals surface area (Å²) in [4.78, 5) is 27.0. The van der Waals surface area contributed by atoms with Crippen LogP contribution in [0.2, 0.25) is 0 Å². The van der Waals surface area contributed by atoms with Gasteiger partial charge >= 0.3 is 12.2 Å². The average molecular weight is 319 g/mol. The molecule has 1 aromatic carbocycles. The van der Waals surface area contributed by atoms with Gasteiger partial charge in [0.25, 0.3) is 0 Å². The first-order chi connectivity index (χ1) is 11.1. The normalized spacial score (nSPS) is 20.1. The minimum atomic E-state index is -0.531. The number of nitrogens with zero attached hydrogens (tertiary/aromatic N) is 2. The van der Waals surface area contributed by atoms with E-state index < -0.39 is 6.09 Å². The molecular weight excluding hydrogens is 298 g/mol. The van der Waals surface area contributed by atoms with Crippen LogP contribution in [-0.2, 0) is 15.9 Å². The number of nitrogens with one attached hydrogen (secondary N) is 1. The van der Waals surface area contributed by atoms with Gasteiger partial charge in [-0.1, -0.05) is 0 Å². The van der Waals surface area contributed by atoms with E-state index in [4.69, 9.17) is 4.74 Å². The van der Waals surface area contributed by atoms with Crippen molar-refractivity contribution in [2.24, 2.45) is 0 Å². The Morgan fingerprint density at radius 1 is 1.48 bits per heavy atom. The molecule has 124 valence electrons. The Morgan fingerprint density at radius 2 is 2.30 bits per heavy atom. The van der Waals surface area contributed by atoms with Crippen LogP contribution in [0.25, 0.3) is 0 Å². The molecule has 0 radical (unpaired) electrons. The lowest BCUT2D eigenvalue weighted by molar-refractivity contribution is 0.132. The number of carbonyl (C=O) groups excluding carboxylic acids is 2. The van der Waals surface area contributed by atoms with Gasteiger partial charge in [-0.15, -0.1) is 0 Å². The van der Waals surface area contributed by atoms with Gasteiger partial charge < -0.3 is 19.7 Å². The van der Waals surface area contributed by atoms with E-state index in [0.717, 1.165) is 25.1 Å². The SMILES string of the molecule is COC(=O)NCC1CN(c2ccc3c(c2)CCCN3C)C(=O)O1. The van der Waals surface area contributed by atoms with Crippen LogP contribution in [0.15, 0.2) is 18.2 Å². The van der Waals surface area contributed by atoms with Gasteiger partial charge in [0.2, 0.25) is 0 Å². The molecule has 7 nitrogen and oxygen atoms in total. The van der Waals surface area contributed by atoms with E-state index >= 15 is 0 Å². The zero-order valence-corrected chi connectivity index (χ0v) is 13.4. The van der Waals surface area contributed by atoms with E-state index in [1.807, 2.05) is 6.07 Å². The fourth-order valence-corrected chi connectivity index (χ4v) is 3.05. The number of hydrogen-bond donors (Lipinski definition) is 1. The monoisotopic (exact) mass is 319 g/mol. The quantitative estimate of drug-likeness (QED) is 0.919. The first-order valence-electron chi connectivity index (χ1n) is 7.72. The van der Waals surface area contributed by atoms with Gasteiger partial charge in [-0.3, -0.25) is 4.90 Å². The number of anilines is 2. The molecule has 2 aliphatic rings. The third kappa shape index (κ3) is 3.18. The standard InChI is InChI=1S/C16H21N3O4/c1-18-7-3-4-11-8-12(5-6-14(11)18)19-10-13(23-16(19)21)9-17-15(20)22-2/h5-6,8,13H,3-4,7,9-10H2,1-2H3,(H,17,20). The largest absolute Gasteiger partial charge is 0.453 e. The Bertz CT molecular complexity index is 619. The van der Waals surface area contributed by atoms with E-state index in [1.165, 1.54) is 18.4 Å². The van der Waals surface area contributed by atoms with Gasteiger partial charge in [-0.2, -0.15) is 0 Å².